The number of nitrogen functional groups attached to an aromatic ring is 2. The van der Waals surface area contributed by atoms with Gasteiger partial charge in [-0.25, -0.2) is 9.18 Å². The first-order chi connectivity index (χ1) is 9.45. The highest BCUT2D eigenvalue weighted by atomic mass is 19.1. The van der Waals surface area contributed by atoms with Crippen molar-refractivity contribution < 1.29 is 13.9 Å². The van der Waals surface area contributed by atoms with E-state index in [9.17, 15) is 9.18 Å². The number of ether oxygens (including phenoxy) is 1. The zero-order chi connectivity index (χ0) is 14.7. The molecule has 20 heavy (non-hydrogen) atoms. The van der Waals surface area contributed by atoms with Crippen LogP contribution in [0.5, 0.6) is 0 Å². The number of nitrogens with two attached hydrogens (primary N) is 2. The van der Waals surface area contributed by atoms with Gasteiger partial charge in [0.2, 0.25) is 0 Å². The smallest absolute Gasteiger partial charge is 0.338 e. The minimum atomic E-state index is -0.548. The van der Waals surface area contributed by atoms with Gasteiger partial charge in [-0.2, -0.15) is 0 Å². The van der Waals surface area contributed by atoms with Crippen molar-refractivity contribution in [2.24, 2.45) is 0 Å². The Labute approximate surface area is 116 Å². The summed E-state index contributed by atoms with van der Waals surface area (Å²) in [6.45, 7) is 1.82. The van der Waals surface area contributed by atoms with Gasteiger partial charge in [0.1, 0.15) is 12.4 Å². The number of hydrogen-bond donors (Lipinski definition) is 2. The van der Waals surface area contributed by atoms with Crippen molar-refractivity contribution in [2.75, 3.05) is 11.5 Å². The predicted octanol–water partition coefficient (Wildman–Crippen LogP) is 2.66. The first-order valence-corrected chi connectivity index (χ1v) is 6.04. The summed E-state index contributed by atoms with van der Waals surface area (Å²) in [7, 11) is 0. The highest BCUT2D eigenvalue weighted by Crippen LogP contribution is 2.16. The number of halogens is 1. The number of carbonyl (C=O) groups excluding carboxylic acids is 1. The molecule has 0 aliphatic rings. The van der Waals surface area contributed by atoms with Gasteiger partial charge in [0.25, 0.3) is 0 Å². The molecule has 4 N–H and O–H groups in total. The SMILES string of the molecule is Cc1ccc(F)cc1COC(=O)c1cc(N)cc(N)c1. The van der Waals surface area contributed by atoms with Gasteiger partial charge in [0.05, 0.1) is 5.56 Å². The van der Waals surface area contributed by atoms with Crippen LogP contribution < -0.4 is 11.5 Å². The summed E-state index contributed by atoms with van der Waals surface area (Å²) in [5.74, 6) is -0.914. The molecule has 2 rings (SSSR count). The number of carbonyl (C=O) groups is 1. The second-order valence-electron chi connectivity index (χ2n) is 4.54. The van der Waals surface area contributed by atoms with Crippen molar-refractivity contribution in [1.82, 2.24) is 0 Å². The summed E-state index contributed by atoms with van der Waals surface area (Å²) in [6.07, 6.45) is 0. The topological polar surface area (TPSA) is 78.3 Å². The van der Waals surface area contributed by atoms with Crippen molar-refractivity contribution in [2.45, 2.75) is 13.5 Å². The molecule has 2 aromatic rings. The molecule has 5 heteroatoms. The average molecular weight is 274 g/mol. The van der Waals surface area contributed by atoms with Crippen molar-refractivity contribution in [3.05, 3.63) is 58.9 Å². The van der Waals surface area contributed by atoms with Crippen LogP contribution in [0, 0.1) is 12.7 Å². The summed E-state index contributed by atoms with van der Waals surface area (Å²) < 4.78 is 18.3. The molecule has 0 saturated carbocycles. The normalized spacial score (nSPS) is 10.3. The zero-order valence-corrected chi connectivity index (χ0v) is 11.0. The van der Waals surface area contributed by atoms with Crippen LogP contribution in [0.4, 0.5) is 15.8 Å². The second kappa shape index (κ2) is 5.61. The molecule has 0 amide bonds. The Morgan fingerprint density at radius 3 is 2.45 bits per heavy atom. The molecular weight excluding hydrogens is 259 g/mol. The van der Waals surface area contributed by atoms with E-state index in [-0.39, 0.29) is 18.0 Å². The Bertz CT molecular complexity index is 636. The highest BCUT2D eigenvalue weighted by molar-refractivity contribution is 5.91. The van der Waals surface area contributed by atoms with E-state index >= 15 is 0 Å². The first kappa shape index (κ1) is 13.9. The second-order valence-corrected chi connectivity index (χ2v) is 4.54. The lowest BCUT2D eigenvalue weighted by atomic mass is 10.1. The van der Waals surface area contributed by atoms with E-state index in [2.05, 4.69) is 0 Å². The number of rotatable bonds is 3. The van der Waals surface area contributed by atoms with Gasteiger partial charge >= 0.3 is 5.97 Å². The van der Waals surface area contributed by atoms with Crippen LogP contribution in [-0.2, 0) is 11.3 Å². The van der Waals surface area contributed by atoms with Gasteiger partial charge in [0, 0.05) is 11.4 Å². The summed E-state index contributed by atoms with van der Waals surface area (Å²) in [5, 5.41) is 0. The molecular formula is C15H15FN2O2. The van der Waals surface area contributed by atoms with Crippen LogP contribution in [-0.4, -0.2) is 5.97 Å². The molecule has 0 unspecified atom stereocenters. The number of esters is 1. The molecule has 0 spiro atoms. The Kier molecular flexibility index (Phi) is 3.89. The van der Waals surface area contributed by atoms with Crippen molar-refractivity contribution >= 4 is 17.3 Å². The number of anilines is 2. The van der Waals surface area contributed by atoms with Gasteiger partial charge in [-0.05, 0) is 48.4 Å². The fourth-order valence-electron chi connectivity index (χ4n) is 1.82. The number of hydrogen-bond acceptors (Lipinski definition) is 4. The summed E-state index contributed by atoms with van der Waals surface area (Å²) in [5.41, 5.74) is 13.7. The summed E-state index contributed by atoms with van der Waals surface area (Å²) in [4.78, 5) is 11.9. The van der Waals surface area contributed by atoms with Crippen LogP contribution in [0.2, 0.25) is 0 Å². The van der Waals surface area contributed by atoms with E-state index in [0.29, 0.717) is 16.9 Å². The quantitative estimate of drug-likeness (QED) is 0.666. The fraction of sp³-hybridized carbons (Fsp3) is 0.133. The van der Waals surface area contributed by atoms with Gasteiger partial charge in [0.15, 0.2) is 0 Å². The molecule has 0 aliphatic heterocycles. The summed E-state index contributed by atoms with van der Waals surface area (Å²) >= 11 is 0. The van der Waals surface area contributed by atoms with Crippen LogP contribution >= 0.6 is 0 Å². The predicted molar refractivity (Wildman–Crippen MR) is 75.5 cm³/mol. The third kappa shape index (κ3) is 3.26. The Balaban J connectivity index is 2.10. The molecule has 0 atom stereocenters. The maximum Gasteiger partial charge on any atom is 0.338 e. The van der Waals surface area contributed by atoms with Gasteiger partial charge in [-0.3, -0.25) is 0 Å². The third-order valence-electron chi connectivity index (χ3n) is 2.88. The first-order valence-electron chi connectivity index (χ1n) is 6.04. The van der Waals surface area contributed by atoms with E-state index in [4.69, 9.17) is 16.2 Å². The lowest BCUT2D eigenvalue weighted by molar-refractivity contribution is 0.0472. The molecule has 104 valence electrons. The number of aryl methyl sites for hydroxylation is 1. The van der Waals surface area contributed by atoms with Crippen molar-refractivity contribution in [1.29, 1.82) is 0 Å². The Hall–Kier alpha value is -2.56. The van der Waals surface area contributed by atoms with Crippen LogP contribution in [0.1, 0.15) is 21.5 Å². The molecule has 0 bridgehead atoms. The third-order valence-corrected chi connectivity index (χ3v) is 2.88. The largest absolute Gasteiger partial charge is 0.457 e. The minimum Gasteiger partial charge on any atom is -0.457 e. The van der Waals surface area contributed by atoms with Crippen molar-refractivity contribution in [3.8, 4) is 0 Å². The van der Waals surface area contributed by atoms with E-state index < -0.39 is 5.97 Å². The average Bonchev–Trinajstić information content (AvgIpc) is 2.38. The maximum atomic E-state index is 13.1. The molecule has 0 aromatic heterocycles. The maximum absolute atomic E-state index is 13.1. The molecule has 4 nitrogen and oxygen atoms in total. The molecule has 0 aliphatic carbocycles. The zero-order valence-electron chi connectivity index (χ0n) is 11.0. The van der Waals surface area contributed by atoms with Gasteiger partial charge < -0.3 is 16.2 Å². The molecule has 0 heterocycles. The standard InChI is InChI=1S/C15H15FN2O2/c1-9-2-3-12(16)4-11(9)8-20-15(19)10-5-13(17)7-14(18)6-10/h2-7H,8,17-18H2,1H3. The van der Waals surface area contributed by atoms with E-state index in [0.717, 1.165) is 5.56 Å². The van der Waals surface area contributed by atoms with E-state index in [1.54, 1.807) is 12.1 Å². The fourth-order valence-corrected chi connectivity index (χ4v) is 1.82. The van der Waals surface area contributed by atoms with Crippen LogP contribution in [0.15, 0.2) is 36.4 Å². The number of benzene rings is 2. The van der Waals surface area contributed by atoms with Gasteiger partial charge in [-0.15, -0.1) is 0 Å². The molecule has 0 radical (unpaired) electrons. The van der Waals surface area contributed by atoms with Crippen LogP contribution in [0.3, 0.4) is 0 Å². The molecule has 2 aromatic carbocycles. The Morgan fingerprint density at radius 1 is 1.15 bits per heavy atom. The lowest BCUT2D eigenvalue weighted by Gasteiger charge is -2.08. The molecule has 0 fully saturated rings. The summed E-state index contributed by atoms with van der Waals surface area (Å²) in [6, 6.07) is 8.86. The van der Waals surface area contributed by atoms with E-state index in [1.165, 1.54) is 24.3 Å². The van der Waals surface area contributed by atoms with Crippen molar-refractivity contribution in [3.63, 3.8) is 0 Å². The minimum absolute atomic E-state index is 0.00285. The Morgan fingerprint density at radius 2 is 1.80 bits per heavy atom. The van der Waals surface area contributed by atoms with E-state index in [1.807, 2.05) is 6.92 Å². The van der Waals surface area contributed by atoms with Crippen LogP contribution in [0.25, 0.3) is 0 Å². The highest BCUT2D eigenvalue weighted by Gasteiger charge is 2.10. The monoisotopic (exact) mass is 274 g/mol. The van der Waals surface area contributed by atoms with Gasteiger partial charge in [-0.1, -0.05) is 6.07 Å². The molecule has 0 saturated heterocycles. The lowest BCUT2D eigenvalue weighted by Crippen LogP contribution is -2.07.